The van der Waals surface area contributed by atoms with Gasteiger partial charge in [0.2, 0.25) is 11.8 Å². The number of hydrogen-bond acceptors (Lipinski definition) is 2. The van der Waals surface area contributed by atoms with Crippen LogP contribution in [0.25, 0.3) is 0 Å². The predicted octanol–water partition coefficient (Wildman–Crippen LogP) is 5.88. The van der Waals surface area contributed by atoms with Crippen molar-refractivity contribution in [3.63, 3.8) is 0 Å². The van der Waals surface area contributed by atoms with Gasteiger partial charge in [-0.25, -0.2) is 0 Å². The molecule has 2 aromatic carbocycles. The molecule has 2 aromatic rings. The lowest BCUT2D eigenvalue weighted by atomic mass is 10.0. The fourth-order valence-electron chi connectivity index (χ4n) is 3.71. The highest BCUT2D eigenvalue weighted by atomic mass is 35.5. The Morgan fingerprint density at radius 2 is 1.65 bits per heavy atom. The van der Waals surface area contributed by atoms with Crippen molar-refractivity contribution in [2.75, 3.05) is 6.54 Å². The van der Waals surface area contributed by atoms with Crippen LogP contribution >= 0.6 is 23.2 Å². The lowest BCUT2D eigenvalue weighted by molar-refractivity contribution is -0.140. The number of carbonyl (C=O) groups excluding carboxylic acids is 2. The highest BCUT2D eigenvalue weighted by Gasteiger charge is 2.28. The van der Waals surface area contributed by atoms with Crippen molar-refractivity contribution < 1.29 is 9.59 Å². The van der Waals surface area contributed by atoms with E-state index in [4.69, 9.17) is 23.2 Å². The number of benzene rings is 2. The Hall–Kier alpha value is -2.04. The maximum Gasteiger partial charge on any atom is 0.242 e. The smallest absolute Gasteiger partial charge is 0.242 e. The Morgan fingerprint density at radius 3 is 2.23 bits per heavy atom. The topological polar surface area (TPSA) is 49.4 Å². The van der Waals surface area contributed by atoms with Gasteiger partial charge in [-0.05, 0) is 49.9 Å². The molecule has 6 heteroatoms. The molecule has 0 fully saturated rings. The molecule has 168 valence electrons. The molecular weight excluding hydrogens is 431 g/mol. The normalized spacial score (nSPS) is 11.8. The van der Waals surface area contributed by atoms with Gasteiger partial charge in [-0.3, -0.25) is 9.59 Å². The minimum absolute atomic E-state index is 0.0893. The van der Waals surface area contributed by atoms with E-state index < -0.39 is 6.04 Å². The molecule has 1 N–H and O–H groups in total. The molecule has 0 radical (unpaired) electrons. The molecule has 0 aliphatic rings. The molecule has 0 aromatic heterocycles. The van der Waals surface area contributed by atoms with Crippen molar-refractivity contribution in [2.24, 2.45) is 0 Å². The summed E-state index contributed by atoms with van der Waals surface area (Å²) in [5.74, 6) is -0.210. The van der Waals surface area contributed by atoms with Crippen LogP contribution in [0.4, 0.5) is 0 Å². The van der Waals surface area contributed by atoms with Crippen LogP contribution in [-0.2, 0) is 22.6 Å². The first kappa shape index (κ1) is 25.2. The summed E-state index contributed by atoms with van der Waals surface area (Å²) in [6.07, 6.45) is 2.67. The summed E-state index contributed by atoms with van der Waals surface area (Å²) in [4.78, 5) is 28.0. The quantitative estimate of drug-likeness (QED) is 0.448. The van der Waals surface area contributed by atoms with E-state index in [0.29, 0.717) is 29.6 Å². The molecule has 4 nitrogen and oxygen atoms in total. The average Bonchev–Trinajstić information content (AvgIpc) is 2.69. The number of aryl methyl sites for hydroxylation is 2. The summed E-state index contributed by atoms with van der Waals surface area (Å²) >= 11 is 12.2. The van der Waals surface area contributed by atoms with Gasteiger partial charge in [0.05, 0.1) is 16.5 Å². The third-order valence-corrected chi connectivity index (χ3v) is 5.93. The van der Waals surface area contributed by atoms with Crippen LogP contribution in [0.15, 0.2) is 36.4 Å². The van der Waals surface area contributed by atoms with Crippen molar-refractivity contribution in [3.05, 3.63) is 68.7 Å². The minimum atomic E-state index is -0.551. The largest absolute Gasteiger partial charge is 0.354 e. The van der Waals surface area contributed by atoms with Crippen molar-refractivity contribution in [2.45, 2.75) is 66.0 Å². The summed E-state index contributed by atoms with van der Waals surface area (Å²) in [5.41, 5.74) is 4.01. The lowest BCUT2D eigenvalue weighted by Crippen LogP contribution is -2.49. The second-order valence-electron chi connectivity index (χ2n) is 8.01. The molecule has 0 aliphatic carbocycles. The third-order valence-electron chi connectivity index (χ3n) is 5.19. The number of unbranched alkanes of at least 4 members (excludes halogenated alkanes) is 1. The van der Waals surface area contributed by atoms with Gasteiger partial charge >= 0.3 is 0 Å². The molecule has 0 saturated carbocycles. The monoisotopic (exact) mass is 462 g/mol. The maximum atomic E-state index is 13.4. The summed E-state index contributed by atoms with van der Waals surface area (Å²) in [6.45, 7) is 8.94. The van der Waals surface area contributed by atoms with Gasteiger partial charge in [0, 0.05) is 13.1 Å². The van der Waals surface area contributed by atoms with Gasteiger partial charge in [-0.2, -0.15) is 0 Å². The van der Waals surface area contributed by atoms with E-state index in [-0.39, 0.29) is 18.2 Å². The van der Waals surface area contributed by atoms with E-state index >= 15 is 0 Å². The molecule has 0 spiro atoms. The van der Waals surface area contributed by atoms with Gasteiger partial charge in [-0.1, -0.05) is 78.9 Å². The van der Waals surface area contributed by atoms with Crippen LogP contribution in [0.1, 0.15) is 55.4 Å². The second kappa shape index (κ2) is 12.1. The minimum Gasteiger partial charge on any atom is -0.354 e. The number of rotatable bonds is 10. The second-order valence-corrected chi connectivity index (χ2v) is 8.83. The molecular formula is C25H32Cl2N2O2. The van der Waals surface area contributed by atoms with Crippen LogP contribution in [0, 0.1) is 13.8 Å². The van der Waals surface area contributed by atoms with Crippen LogP contribution in [-0.4, -0.2) is 29.3 Å². The van der Waals surface area contributed by atoms with Crippen molar-refractivity contribution in [3.8, 4) is 0 Å². The van der Waals surface area contributed by atoms with E-state index in [0.717, 1.165) is 35.1 Å². The Balaban J connectivity index is 2.31. The molecule has 0 aliphatic heterocycles. The van der Waals surface area contributed by atoms with E-state index in [1.807, 2.05) is 39.0 Å². The first-order chi connectivity index (χ1) is 14.7. The van der Waals surface area contributed by atoms with Crippen LogP contribution in [0.2, 0.25) is 10.0 Å². The van der Waals surface area contributed by atoms with E-state index in [2.05, 4.69) is 18.3 Å². The Labute approximate surface area is 195 Å². The number of hydrogen-bond donors (Lipinski definition) is 1. The summed E-state index contributed by atoms with van der Waals surface area (Å²) in [5, 5.41) is 3.87. The predicted molar refractivity (Wildman–Crippen MR) is 129 cm³/mol. The fourth-order valence-corrected chi connectivity index (χ4v) is 4.03. The van der Waals surface area contributed by atoms with Crippen LogP contribution in [0.3, 0.4) is 0 Å². The van der Waals surface area contributed by atoms with Crippen LogP contribution in [0.5, 0.6) is 0 Å². The van der Waals surface area contributed by atoms with Crippen molar-refractivity contribution in [1.82, 2.24) is 10.2 Å². The Bertz CT molecular complexity index is 894. The molecule has 0 heterocycles. The van der Waals surface area contributed by atoms with E-state index in [1.54, 1.807) is 17.0 Å². The SMILES string of the molecule is CCCCNC(=O)[C@H](CC)N(Cc1ccc(Cl)c(Cl)c1)C(=O)Cc1cc(C)cc(C)c1. The number of carbonyl (C=O) groups is 2. The number of halogens is 2. The number of amides is 2. The Kier molecular flexibility index (Phi) is 9.86. The van der Waals surface area contributed by atoms with Gasteiger partial charge < -0.3 is 10.2 Å². The van der Waals surface area contributed by atoms with Crippen molar-refractivity contribution >= 4 is 35.0 Å². The van der Waals surface area contributed by atoms with E-state index in [1.165, 1.54) is 0 Å². The lowest BCUT2D eigenvalue weighted by Gasteiger charge is -2.31. The first-order valence-electron chi connectivity index (χ1n) is 10.8. The molecule has 0 bridgehead atoms. The molecule has 0 saturated heterocycles. The molecule has 31 heavy (non-hydrogen) atoms. The number of nitrogens with zero attached hydrogens (tertiary/aromatic N) is 1. The zero-order valence-electron chi connectivity index (χ0n) is 18.8. The zero-order valence-corrected chi connectivity index (χ0v) is 20.3. The Morgan fingerprint density at radius 1 is 0.968 bits per heavy atom. The average molecular weight is 463 g/mol. The van der Waals surface area contributed by atoms with Gasteiger partial charge in [-0.15, -0.1) is 0 Å². The number of nitrogens with one attached hydrogen (secondary N) is 1. The highest BCUT2D eigenvalue weighted by Crippen LogP contribution is 2.24. The van der Waals surface area contributed by atoms with Gasteiger partial charge in [0.1, 0.15) is 6.04 Å². The van der Waals surface area contributed by atoms with Crippen LogP contribution < -0.4 is 5.32 Å². The van der Waals surface area contributed by atoms with Gasteiger partial charge in [0.25, 0.3) is 0 Å². The fraction of sp³-hybridized carbons (Fsp3) is 0.440. The molecule has 1 atom stereocenters. The highest BCUT2D eigenvalue weighted by molar-refractivity contribution is 6.42. The molecule has 0 unspecified atom stereocenters. The molecule has 2 amide bonds. The van der Waals surface area contributed by atoms with Gasteiger partial charge in [0.15, 0.2) is 0 Å². The summed E-state index contributed by atoms with van der Waals surface area (Å²) < 4.78 is 0. The van der Waals surface area contributed by atoms with E-state index in [9.17, 15) is 9.59 Å². The third kappa shape index (κ3) is 7.55. The first-order valence-corrected chi connectivity index (χ1v) is 11.6. The van der Waals surface area contributed by atoms with Crippen molar-refractivity contribution in [1.29, 1.82) is 0 Å². The molecule has 2 rings (SSSR count). The zero-order chi connectivity index (χ0) is 23.0. The standard InChI is InChI=1S/C25H32Cl2N2O2/c1-5-7-10-28-25(31)23(6-2)29(16-19-8-9-21(26)22(27)14-19)24(30)15-20-12-17(3)11-18(4)13-20/h8-9,11-14,23H,5-7,10,15-16H2,1-4H3,(H,28,31)/t23-/m0/s1. The summed E-state index contributed by atoms with van der Waals surface area (Å²) in [6, 6.07) is 10.9. The summed E-state index contributed by atoms with van der Waals surface area (Å²) in [7, 11) is 0. The maximum absolute atomic E-state index is 13.4.